The van der Waals surface area contributed by atoms with Crippen molar-refractivity contribution in [1.29, 1.82) is 0 Å². The van der Waals surface area contributed by atoms with Gasteiger partial charge in [0.2, 0.25) is 0 Å². The van der Waals surface area contributed by atoms with Crippen molar-refractivity contribution in [3.8, 4) is 0 Å². The van der Waals surface area contributed by atoms with Crippen LogP contribution in [0.3, 0.4) is 0 Å². The van der Waals surface area contributed by atoms with Gasteiger partial charge in [0.1, 0.15) is 5.82 Å². The molecule has 6 nitrogen and oxygen atoms in total. The van der Waals surface area contributed by atoms with Gasteiger partial charge < -0.3 is 15.7 Å². The van der Waals surface area contributed by atoms with Gasteiger partial charge in [-0.25, -0.2) is 4.52 Å². The summed E-state index contributed by atoms with van der Waals surface area (Å²) in [5.74, 6) is 1.23. The monoisotopic (exact) mass is 339 g/mol. The van der Waals surface area contributed by atoms with E-state index in [0.717, 1.165) is 28.1 Å². The largest absolute Gasteiger partial charge is 0.394 e. The third-order valence-electron chi connectivity index (χ3n) is 4.36. The Morgan fingerprint density at radius 1 is 1.24 bits per heavy atom. The maximum atomic E-state index is 9.60. The number of nitrogens with zero attached hydrogens (tertiary/aromatic N) is 3. The van der Waals surface area contributed by atoms with E-state index in [2.05, 4.69) is 40.6 Å². The van der Waals surface area contributed by atoms with Crippen LogP contribution in [-0.2, 0) is 6.54 Å². The molecule has 0 aliphatic heterocycles. The van der Waals surface area contributed by atoms with E-state index in [0.29, 0.717) is 12.5 Å². The summed E-state index contributed by atoms with van der Waals surface area (Å²) in [6, 6.07) is 8.08. The van der Waals surface area contributed by atoms with E-state index < -0.39 is 0 Å². The average molecular weight is 339 g/mol. The van der Waals surface area contributed by atoms with Crippen LogP contribution in [0.1, 0.15) is 25.0 Å². The molecule has 0 amide bonds. The minimum Gasteiger partial charge on any atom is -0.394 e. The summed E-state index contributed by atoms with van der Waals surface area (Å²) in [6.07, 6.45) is 5.48. The number of aliphatic hydroxyl groups is 1. The molecule has 0 radical (unpaired) electrons. The second kappa shape index (κ2) is 7.53. The molecule has 3 aromatic rings. The van der Waals surface area contributed by atoms with Crippen LogP contribution in [0.4, 0.5) is 11.5 Å². The zero-order valence-corrected chi connectivity index (χ0v) is 14.9. The number of nitrogens with one attached hydrogen (secondary N) is 2. The topological polar surface area (TPSA) is 74.5 Å². The van der Waals surface area contributed by atoms with E-state index in [9.17, 15) is 5.11 Å². The third kappa shape index (κ3) is 3.91. The van der Waals surface area contributed by atoms with Crippen molar-refractivity contribution >= 4 is 17.0 Å². The predicted molar refractivity (Wildman–Crippen MR) is 101 cm³/mol. The van der Waals surface area contributed by atoms with Crippen molar-refractivity contribution < 1.29 is 5.11 Å². The molecule has 3 aromatic heterocycles. The fraction of sp³-hybridized carbons (Fsp3) is 0.368. The summed E-state index contributed by atoms with van der Waals surface area (Å²) in [5.41, 5.74) is 4.23. The van der Waals surface area contributed by atoms with Crippen molar-refractivity contribution in [2.75, 3.05) is 17.2 Å². The van der Waals surface area contributed by atoms with E-state index in [1.54, 1.807) is 6.20 Å². The molecular formula is C19H25N5O. The number of aromatic nitrogens is 3. The highest BCUT2D eigenvalue weighted by Crippen LogP contribution is 2.24. The zero-order valence-electron chi connectivity index (χ0n) is 14.9. The van der Waals surface area contributed by atoms with Crippen LogP contribution in [0.15, 0.2) is 42.9 Å². The van der Waals surface area contributed by atoms with Crippen molar-refractivity contribution in [1.82, 2.24) is 14.6 Å². The van der Waals surface area contributed by atoms with Gasteiger partial charge in [-0.05, 0) is 36.1 Å². The predicted octanol–water partition coefficient (Wildman–Crippen LogP) is 3.08. The Labute approximate surface area is 147 Å². The first-order chi connectivity index (χ1) is 12.1. The summed E-state index contributed by atoms with van der Waals surface area (Å²) >= 11 is 0. The van der Waals surface area contributed by atoms with E-state index in [-0.39, 0.29) is 12.6 Å². The van der Waals surface area contributed by atoms with Crippen LogP contribution in [-0.4, -0.2) is 32.4 Å². The molecular weight excluding hydrogens is 314 g/mol. The van der Waals surface area contributed by atoms with Crippen LogP contribution < -0.4 is 10.6 Å². The smallest absolute Gasteiger partial charge is 0.130 e. The standard InChI is InChI=1S/C19H25N5O/c1-13(2)17(12-25)23-16-7-18-14(3)9-22-24(18)19(8-16)21-11-15-5-4-6-20-10-15/h4-10,13,17,21,23,25H,11-12H2,1-3H3/t17-/m1/s1. The second-order valence-corrected chi connectivity index (χ2v) is 6.65. The summed E-state index contributed by atoms with van der Waals surface area (Å²) in [5, 5.41) is 20.9. The summed E-state index contributed by atoms with van der Waals surface area (Å²) in [7, 11) is 0. The lowest BCUT2D eigenvalue weighted by molar-refractivity contribution is 0.249. The molecule has 0 saturated heterocycles. The van der Waals surface area contributed by atoms with Gasteiger partial charge in [0.05, 0.1) is 24.4 Å². The Kier molecular flexibility index (Phi) is 5.19. The fourth-order valence-electron chi connectivity index (χ4n) is 2.75. The lowest BCUT2D eigenvalue weighted by atomic mass is 10.1. The molecule has 6 heteroatoms. The number of aryl methyl sites for hydroxylation is 1. The maximum absolute atomic E-state index is 9.60. The molecule has 3 rings (SSSR count). The quantitative estimate of drug-likeness (QED) is 0.617. The summed E-state index contributed by atoms with van der Waals surface area (Å²) in [6.45, 7) is 7.00. The lowest BCUT2D eigenvalue weighted by Crippen LogP contribution is -2.29. The minimum absolute atomic E-state index is 0.0110. The molecule has 0 aliphatic rings. The molecule has 0 aromatic carbocycles. The number of hydrogen-bond donors (Lipinski definition) is 3. The second-order valence-electron chi connectivity index (χ2n) is 6.65. The number of aliphatic hydroxyl groups excluding tert-OH is 1. The van der Waals surface area contributed by atoms with Gasteiger partial charge in [-0.15, -0.1) is 0 Å². The van der Waals surface area contributed by atoms with E-state index in [4.69, 9.17) is 0 Å². The molecule has 3 N–H and O–H groups in total. The first-order valence-electron chi connectivity index (χ1n) is 8.57. The minimum atomic E-state index is 0.0110. The molecule has 0 spiro atoms. The number of hydrogen-bond acceptors (Lipinski definition) is 5. The first-order valence-corrected chi connectivity index (χ1v) is 8.57. The number of anilines is 2. The Morgan fingerprint density at radius 3 is 2.76 bits per heavy atom. The third-order valence-corrected chi connectivity index (χ3v) is 4.36. The highest BCUT2D eigenvalue weighted by Gasteiger charge is 2.14. The van der Waals surface area contributed by atoms with Gasteiger partial charge >= 0.3 is 0 Å². The molecule has 0 fully saturated rings. The summed E-state index contributed by atoms with van der Waals surface area (Å²) in [4.78, 5) is 4.15. The zero-order chi connectivity index (χ0) is 17.8. The van der Waals surface area contributed by atoms with Gasteiger partial charge in [-0.1, -0.05) is 19.9 Å². The number of fused-ring (bicyclic) bond motifs is 1. The van der Waals surface area contributed by atoms with Gasteiger partial charge in [0, 0.05) is 30.7 Å². The van der Waals surface area contributed by atoms with Crippen molar-refractivity contribution in [2.45, 2.75) is 33.4 Å². The number of rotatable bonds is 7. The van der Waals surface area contributed by atoms with Crippen molar-refractivity contribution in [3.63, 3.8) is 0 Å². The average Bonchev–Trinajstić information content (AvgIpc) is 2.99. The Morgan fingerprint density at radius 2 is 2.08 bits per heavy atom. The van der Waals surface area contributed by atoms with Crippen LogP contribution in [0, 0.1) is 12.8 Å². The van der Waals surface area contributed by atoms with Gasteiger partial charge in [0.25, 0.3) is 0 Å². The normalized spacial score (nSPS) is 12.5. The molecule has 0 unspecified atom stereocenters. The molecule has 0 saturated carbocycles. The molecule has 3 heterocycles. The van der Waals surface area contributed by atoms with E-state index in [1.165, 1.54) is 0 Å². The molecule has 132 valence electrons. The van der Waals surface area contributed by atoms with Crippen LogP contribution >= 0.6 is 0 Å². The summed E-state index contributed by atoms with van der Waals surface area (Å²) < 4.78 is 1.90. The molecule has 0 aliphatic carbocycles. The highest BCUT2D eigenvalue weighted by molar-refractivity contribution is 5.68. The first kappa shape index (κ1) is 17.2. The van der Waals surface area contributed by atoms with Crippen molar-refractivity contribution in [3.05, 3.63) is 54.0 Å². The van der Waals surface area contributed by atoms with Gasteiger partial charge in [-0.2, -0.15) is 5.10 Å². The Hall–Kier alpha value is -2.60. The number of pyridine rings is 2. The van der Waals surface area contributed by atoms with Crippen LogP contribution in [0.25, 0.3) is 5.52 Å². The maximum Gasteiger partial charge on any atom is 0.130 e. The van der Waals surface area contributed by atoms with Crippen LogP contribution in [0.5, 0.6) is 0 Å². The van der Waals surface area contributed by atoms with Gasteiger partial charge in [-0.3, -0.25) is 4.98 Å². The molecule has 1 atom stereocenters. The van der Waals surface area contributed by atoms with Gasteiger partial charge in [0.15, 0.2) is 0 Å². The highest BCUT2D eigenvalue weighted by atomic mass is 16.3. The SMILES string of the molecule is Cc1cnn2c(NCc3cccnc3)cc(N[C@H](CO)C(C)C)cc12. The fourth-order valence-corrected chi connectivity index (χ4v) is 2.75. The Bertz CT molecular complexity index is 828. The molecule has 25 heavy (non-hydrogen) atoms. The Balaban J connectivity index is 1.90. The van der Waals surface area contributed by atoms with Crippen LogP contribution in [0.2, 0.25) is 0 Å². The molecule has 0 bridgehead atoms. The van der Waals surface area contributed by atoms with Crippen molar-refractivity contribution in [2.24, 2.45) is 5.92 Å². The van der Waals surface area contributed by atoms with E-state index in [1.807, 2.05) is 42.0 Å². The van der Waals surface area contributed by atoms with E-state index >= 15 is 0 Å². The lowest BCUT2D eigenvalue weighted by Gasteiger charge is -2.22.